The van der Waals surface area contributed by atoms with Gasteiger partial charge in [0.05, 0.1) is 12.1 Å². The lowest BCUT2D eigenvalue weighted by Crippen LogP contribution is -2.37. The third kappa shape index (κ3) is 2.97. The molecule has 5 heteroatoms. The SMILES string of the molecule is CCC(=O)c1c(CC(=O)NN(C)C)c2ccccc2n1C. The summed E-state index contributed by atoms with van der Waals surface area (Å²) in [5, 5.41) is 2.57. The Kier molecular flexibility index (Phi) is 4.43. The molecular formula is C16H21N3O2. The average Bonchev–Trinajstić information content (AvgIpc) is 2.71. The van der Waals surface area contributed by atoms with E-state index in [9.17, 15) is 9.59 Å². The Labute approximate surface area is 124 Å². The maximum Gasteiger partial charge on any atom is 0.238 e. The van der Waals surface area contributed by atoms with Gasteiger partial charge in [0.1, 0.15) is 0 Å². The second kappa shape index (κ2) is 6.10. The number of hydrogen-bond donors (Lipinski definition) is 1. The van der Waals surface area contributed by atoms with Crippen LogP contribution in [0.1, 0.15) is 29.4 Å². The summed E-state index contributed by atoms with van der Waals surface area (Å²) in [6, 6.07) is 7.79. The minimum atomic E-state index is -0.124. The summed E-state index contributed by atoms with van der Waals surface area (Å²) >= 11 is 0. The standard InChI is InChI=1S/C16H21N3O2/c1-5-14(20)16-12(10-15(21)17-18(2)3)11-8-6-7-9-13(11)19(16)4/h6-9H,5,10H2,1-4H3,(H,17,21). The number of hydrazine groups is 1. The topological polar surface area (TPSA) is 54.3 Å². The Hall–Kier alpha value is -2.14. The van der Waals surface area contributed by atoms with E-state index in [0.717, 1.165) is 16.5 Å². The molecule has 2 aromatic rings. The predicted octanol–water partition coefficient (Wildman–Crippen LogP) is 1.91. The zero-order valence-electron chi connectivity index (χ0n) is 12.9. The summed E-state index contributed by atoms with van der Waals surface area (Å²) in [6.45, 7) is 1.84. The molecule has 0 saturated heterocycles. The molecule has 1 aromatic carbocycles. The number of para-hydroxylation sites is 1. The van der Waals surface area contributed by atoms with Gasteiger partial charge in [0.2, 0.25) is 5.91 Å². The van der Waals surface area contributed by atoms with Crippen molar-refractivity contribution in [2.75, 3.05) is 14.1 Å². The molecule has 0 bridgehead atoms. The third-order valence-electron chi connectivity index (χ3n) is 3.48. The number of nitrogens with one attached hydrogen (secondary N) is 1. The molecule has 0 saturated carbocycles. The molecule has 1 heterocycles. The lowest BCUT2D eigenvalue weighted by Gasteiger charge is -2.12. The van der Waals surface area contributed by atoms with Gasteiger partial charge in [-0.15, -0.1) is 0 Å². The van der Waals surface area contributed by atoms with E-state index in [4.69, 9.17) is 0 Å². The Morgan fingerprint density at radius 1 is 1.24 bits per heavy atom. The molecule has 0 unspecified atom stereocenters. The van der Waals surface area contributed by atoms with Crippen molar-refractivity contribution in [2.45, 2.75) is 19.8 Å². The molecule has 1 aromatic heterocycles. The van der Waals surface area contributed by atoms with Crippen LogP contribution in [0.5, 0.6) is 0 Å². The molecular weight excluding hydrogens is 266 g/mol. The van der Waals surface area contributed by atoms with Crippen LogP contribution in [0.2, 0.25) is 0 Å². The van der Waals surface area contributed by atoms with Crippen molar-refractivity contribution in [1.82, 2.24) is 15.0 Å². The molecule has 1 N–H and O–H groups in total. The highest BCUT2D eigenvalue weighted by Crippen LogP contribution is 2.26. The van der Waals surface area contributed by atoms with Gasteiger partial charge in [0.15, 0.2) is 5.78 Å². The first kappa shape index (κ1) is 15.3. The van der Waals surface area contributed by atoms with Gasteiger partial charge in [-0.1, -0.05) is 25.1 Å². The van der Waals surface area contributed by atoms with Crippen LogP contribution in [0.15, 0.2) is 24.3 Å². The fourth-order valence-electron chi connectivity index (χ4n) is 2.62. The zero-order chi connectivity index (χ0) is 15.6. The summed E-state index contributed by atoms with van der Waals surface area (Å²) in [6.07, 6.45) is 0.618. The highest BCUT2D eigenvalue weighted by atomic mass is 16.2. The van der Waals surface area contributed by atoms with Gasteiger partial charge in [0, 0.05) is 38.5 Å². The van der Waals surface area contributed by atoms with Crippen molar-refractivity contribution in [2.24, 2.45) is 7.05 Å². The maximum atomic E-state index is 12.3. The van der Waals surface area contributed by atoms with E-state index in [-0.39, 0.29) is 18.1 Å². The molecule has 0 atom stereocenters. The van der Waals surface area contributed by atoms with E-state index >= 15 is 0 Å². The molecule has 2 rings (SSSR count). The Bertz CT molecular complexity index is 686. The van der Waals surface area contributed by atoms with Gasteiger partial charge in [-0.2, -0.15) is 0 Å². The first-order valence-electron chi connectivity index (χ1n) is 7.02. The number of Topliss-reactive ketones (excluding diaryl/α,β-unsaturated/α-hetero) is 1. The van der Waals surface area contributed by atoms with E-state index in [2.05, 4.69) is 5.43 Å². The van der Waals surface area contributed by atoms with E-state index < -0.39 is 0 Å². The number of aromatic nitrogens is 1. The van der Waals surface area contributed by atoms with Crippen molar-refractivity contribution < 1.29 is 9.59 Å². The second-order valence-electron chi connectivity index (χ2n) is 5.29. The van der Waals surface area contributed by atoms with E-state index in [1.54, 1.807) is 19.1 Å². The Morgan fingerprint density at radius 2 is 1.90 bits per heavy atom. The van der Waals surface area contributed by atoms with Crippen molar-refractivity contribution in [3.8, 4) is 0 Å². The van der Waals surface area contributed by atoms with Gasteiger partial charge < -0.3 is 4.57 Å². The summed E-state index contributed by atoms with van der Waals surface area (Å²) in [4.78, 5) is 24.3. The van der Waals surface area contributed by atoms with Gasteiger partial charge in [-0.25, -0.2) is 5.01 Å². The molecule has 1 amide bonds. The Morgan fingerprint density at radius 3 is 2.52 bits per heavy atom. The highest BCUT2D eigenvalue weighted by Gasteiger charge is 2.21. The molecule has 0 radical (unpaired) electrons. The van der Waals surface area contributed by atoms with Crippen molar-refractivity contribution in [3.05, 3.63) is 35.5 Å². The second-order valence-corrected chi connectivity index (χ2v) is 5.29. The summed E-state index contributed by atoms with van der Waals surface area (Å²) in [5.41, 5.74) is 5.13. The smallest absolute Gasteiger partial charge is 0.238 e. The van der Waals surface area contributed by atoms with Crippen LogP contribution in [0.3, 0.4) is 0 Å². The number of carbonyl (C=O) groups is 2. The summed E-state index contributed by atoms with van der Waals surface area (Å²) in [7, 11) is 5.40. The lowest BCUT2D eigenvalue weighted by molar-refractivity contribution is -0.124. The Balaban J connectivity index is 2.54. The van der Waals surface area contributed by atoms with Gasteiger partial charge in [-0.05, 0) is 11.6 Å². The molecule has 21 heavy (non-hydrogen) atoms. The number of hydrogen-bond acceptors (Lipinski definition) is 3. The van der Waals surface area contributed by atoms with Crippen LogP contribution in [-0.4, -0.2) is 35.4 Å². The number of fused-ring (bicyclic) bond motifs is 1. The minimum Gasteiger partial charge on any atom is -0.341 e. The number of nitrogens with zero attached hydrogens (tertiary/aromatic N) is 2. The molecule has 0 aliphatic heterocycles. The van der Waals surface area contributed by atoms with Crippen LogP contribution < -0.4 is 5.43 Å². The molecule has 0 fully saturated rings. The molecule has 0 spiro atoms. The number of aryl methyl sites for hydroxylation is 1. The zero-order valence-corrected chi connectivity index (χ0v) is 12.9. The fourth-order valence-corrected chi connectivity index (χ4v) is 2.62. The van der Waals surface area contributed by atoms with E-state index in [1.165, 1.54) is 0 Å². The molecule has 0 aliphatic carbocycles. The molecule has 112 valence electrons. The van der Waals surface area contributed by atoms with Gasteiger partial charge in [-0.3, -0.25) is 15.0 Å². The highest BCUT2D eigenvalue weighted by molar-refractivity contribution is 6.04. The largest absolute Gasteiger partial charge is 0.341 e. The van der Waals surface area contributed by atoms with Crippen molar-refractivity contribution in [3.63, 3.8) is 0 Å². The molecule has 5 nitrogen and oxygen atoms in total. The number of benzene rings is 1. The normalized spacial score (nSPS) is 11.1. The monoisotopic (exact) mass is 287 g/mol. The van der Waals surface area contributed by atoms with Gasteiger partial charge >= 0.3 is 0 Å². The number of rotatable bonds is 5. The number of ketones is 1. The van der Waals surface area contributed by atoms with Crippen molar-refractivity contribution >= 4 is 22.6 Å². The third-order valence-corrected chi connectivity index (χ3v) is 3.48. The lowest BCUT2D eigenvalue weighted by atomic mass is 10.0. The number of amides is 1. The minimum absolute atomic E-state index is 0.0568. The summed E-state index contributed by atoms with van der Waals surface area (Å²) < 4.78 is 1.89. The van der Waals surface area contributed by atoms with E-state index in [1.807, 2.05) is 42.8 Å². The average molecular weight is 287 g/mol. The van der Waals surface area contributed by atoms with Crippen molar-refractivity contribution in [1.29, 1.82) is 0 Å². The van der Waals surface area contributed by atoms with Crippen LogP contribution in [-0.2, 0) is 18.3 Å². The maximum absolute atomic E-state index is 12.3. The van der Waals surface area contributed by atoms with Gasteiger partial charge in [0.25, 0.3) is 0 Å². The van der Waals surface area contributed by atoms with E-state index in [0.29, 0.717) is 12.1 Å². The summed E-state index contributed by atoms with van der Waals surface area (Å²) in [5.74, 6) is -0.0668. The first-order chi connectivity index (χ1) is 9.95. The van der Waals surface area contributed by atoms with Crippen LogP contribution in [0.25, 0.3) is 10.9 Å². The molecule has 0 aliphatic rings. The van der Waals surface area contributed by atoms with Crippen LogP contribution in [0, 0.1) is 0 Å². The number of carbonyl (C=O) groups excluding carboxylic acids is 2. The quantitative estimate of drug-likeness (QED) is 0.675. The van der Waals surface area contributed by atoms with Crippen LogP contribution in [0.4, 0.5) is 0 Å². The first-order valence-corrected chi connectivity index (χ1v) is 7.02. The van der Waals surface area contributed by atoms with Crippen LogP contribution >= 0.6 is 0 Å². The fraction of sp³-hybridized carbons (Fsp3) is 0.375. The predicted molar refractivity (Wildman–Crippen MR) is 83.1 cm³/mol.